The molecule has 2 amide bonds. The van der Waals surface area contributed by atoms with E-state index < -0.39 is 5.92 Å². The van der Waals surface area contributed by atoms with Crippen molar-refractivity contribution >= 4 is 17.5 Å². The Bertz CT molecular complexity index is 1040. The number of carbonyl (C=O) groups is 2. The average molecular weight is 440 g/mol. The van der Waals surface area contributed by atoms with E-state index in [9.17, 15) is 9.59 Å². The largest absolute Gasteiger partial charge is 0.497 e. The molecule has 2 atom stereocenters. The summed E-state index contributed by atoms with van der Waals surface area (Å²) in [5, 5.41) is 3.14. The number of carbonyl (C=O) groups excluding carboxylic acids is 2. The van der Waals surface area contributed by atoms with E-state index in [1.54, 1.807) is 51.5 Å². The molecule has 1 fully saturated rings. The van der Waals surface area contributed by atoms with E-state index >= 15 is 0 Å². The Balaban J connectivity index is 1.48. The highest BCUT2D eigenvalue weighted by molar-refractivity contribution is 6.01. The van der Waals surface area contributed by atoms with Gasteiger partial charge in [0.05, 0.1) is 46.1 Å². The van der Waals surface area contributed by atoms with Gasteiger partial charge in [0.2, 0.25) is 11.8 Å². The molecule has 8 nitrogen and oxygen atoms in total. The Hall–Kier alpha value is -3.42. The lowest BCUT2D eigenvalue weighted by molar-refractivity contribution is -0.127. The number of nitrogens with one attached hydrogen (secondary N) is 1. The van der Waals surface area contributed by atoms with Crippen molar-refractivity contribution in [3.05, 3.63) is 41.5 Å². The number of rotatable bonds is 7. The van der Waals surface area contributed by atoms with E-state index in [1.807, 2.05) is 12.1 Å². The Morgan fingerprint density at radius 3 is 2.38 bits per heavy atom. The SMILES string of the molecule is COc1ccc(N2C[C@H](C(=O)N[C@@H]3CCc4cc(OC)c(OC)cc43)CC2=O)c(OC)c1. The molecule has 0 saturated carbocycles. The van der Waals surface area contributed by atoms with Crippen LogP contribution >= 0.6 is 0 Å². The van der Waals surface area contributed by atoms with Crippen LogP contribution in [0.2, 0.25) is 0 Å². The quantitative estimate of drug-likeness (QED) is 0.713. The summed E-state index contributed by atoms with van der Waals surface area (Å²) in [6.45, 7) is 0.304. The fraction of sp³-hybridized carbons (Fsp3) is 0.417. The van der Waals surface area contributed by atoms with Crippen LogP contribution in [0.15, 0.2) is 30.3 Å². The van der Waals surface area contributed by atoms with Gasteiger partial charge < -0.3 is 29.2 Å². The fourth-order valence-electron chi connectivity index (χ4n) is 4.50. The zero-order valence-electron chi connectivity index (χ0n) is 18.8. The van der Waals surface area contributed by atoms with E-state index in [-0.39, 0.29) is 24.3 Å². The summed E-state index contributed by atoms with van der Waals surface area (Å²) in [5.41, 5.74) is 2.81. The van der Waals surface area contributed by atoms with Crippen LogP contribution in [-0.4, -0.2) is 46.8 Å². The number of anilines is 1. The topological polar surface area (TPSA) is 86.3 Å². The molecule has 2 aliphatic rings. The predicted octanol–water partition coefficient (Wildman–Crippen LogP) is 2.88. The summed E-state index contributed by atoms with van der Waals surface area (Å²) >= 11 is 0. The molecule has 1 saturated heterocycles. The first kappa shape index (κ1) is 21.8. The summed E-state index contributed by atoms with van der Waals surface area (Å²) in [6, 6.07) is 9.07. The molecule has 32 heavy (non-hydrogen) atoms. The van der Waals surface area contributed by atoms with Gasteiger partial charge in [0, 0.05) is 19.0 Å². The van der Waals surface area contributed by atoms with Gasteiger partial charge in [0.1, 0.15) is 11.5 Å². The second-order valence-corrected chi connectivity index (χ2v) is 7.95. The van der Waals surface area contributed by atoms with E-state index in [0.717, 1.165) is 24.0 Å². The van der Waals surface area contributed by atoms with Gasteiger partial charge in [-0.05, 0) is 48.2 Å². The molecule has 1 aliphatic heterocycles. The number of ether oxygens (including phenoxy) is 4. The average Bonchev–Trinajstić information content (AvgIpc) is 3.40. The zero-order valence-corrected chi connectivity index (χ0v) is 18.8. The second kappa shape index (κ2) is 8.98. The van der Waals surface area contributed by atoms with Crippen molar-refractivity contribution in [2.75, 3.05) is 39.9 Å². The lowest BCUT2D eigenvalue weighted by Crippen LogP contribution is -2.35. The molecule has 170 valence electrons. The third-order valence-corrected chi connectivity index (χ3v) is 6.21. The minimum Gasteiger partial charge on any atom is -0.497 e. The van der Waals surface area contributed by atoms with E-state index in [1.165, 1.54) is 0 Å². The molecular weight excluding hydrogens is 412 g/mol. The molecule has 8 heteroatoms. The molecular formula is C24H28N2O6. The van der Waals surface area contributed by atoms with Crippen LogP contribution in [0.5, 0.6) is 23.0 Å². The highest BCUT2D eigenvalue weighted by Crippen LogP contribution is 2.40. The van der Waals surface area contributed by atoms with Gasteiger partial charge >= 0.3 is 0 Å². The van der Waals surface area contributed by atoms with Crippen LogP contribution in [0.4, 0.5) is 5.69 Å². The van der Waals surface area contributed by atoms with Crippen LogP contribution in [0.1, 0.15) is 30.0 Å². The zero-order chi connectivity index (χ0) is 22.8. The molecule has 1 heterocycles. The number of fused-ring (bicyclic) bond motifs is 1. The highest BCUT2D eigenvalue weighted by Gasteiger charge is 2.38. The van der Waals surface area contributed by atoms with E-state index in [2.05, 4.69) is 5.32 Å². The van der Waals surface area contributed by atoms with Crippen molar-refractivity contribution in [2.24, 2.45) is 5.92 Å². The maximum Gasteiger partial charge on any atom is 0.227 e. The summed E-state index contributed by atoms with van der Waals surface area (Å²) < 4.78 is 21.5. The van der Waals surface area contributed by atoms with E-state index in [4.69, 9.17) is 18.9 Å². The molecule has 0 unspecified atom stereocenters. The normalized spacial score (nSPS) is 19.5. The third kappa shape index (κ3) is 3.92. The van der Waals surface area contributed by atoms with Crippen LogP contribution < -0.4 is 29.2 Å². The minimum absolute atomic E-state index is 0.105. The molecule has 0 spiro atoms. The number of nitrogens with zero attached hydrogens (tertiary/aromatic N) is 1. The molecule has 1 N–H and O–H groups in total. The molecule has 4 rings (SSSR count). The van der Waals surface area contributed by atoms with Crippen molar-refractivity contribution in [3.63, 3.8) is 0 Å². The maximum absolute atomic E-state index is 13.1. The highest BCUT2D eigenvalue weighted by atomic mass is 16.5. The number of hydrogen-bond donors (Lipinski definition) is 1. The molecule has 0 aromatic heterocycles. The van der Waals surface area contributed by atoms with Crippen LogP contribution in [0.3, 0.4) is 0 Å². The maximum atomic E-state index is 13.1. The molecule has 1 aliphatic carbocycles. The van der Waals surface area contributed by atoms with Crippen LogP contribution in [-0.2, 0) is 16.0 Å². The Labute approximate surface area is 187 Å². The number of hydrogen-bond acceptors (Lipinski definition) is 6. The summed E-state index contributed by atoms with van der Waals surface area (Å²) in [4.78, 5) is 27.4. The number of aryl methyl sites for hydroxylation is 1. The van der Waals surface area contributed by atoms with Crippen molar-refractivity contribution in [1.82, 2.24) is 5.32 Å². The summed E-state index contributed by atoms with van der Waals surface area (Å²) in [6.07, 6.45) is 1.81. The number of amides is 2. The van der Waals surface area contributed by atoms with Gasteiger partial charge in [-0.3, -0.25) is 9.59 Å². The Morgan fingerprint density at radius 1 is 0.969 bits per heavy atom. The fourth-order valence-corrected chi connectivity index (χ4v) is 4.50. The van der Waals surface area contributed by atoms with Gasteiger partial charge in [0.15, 0.2) is 11.5 Å². The molecule has 2 aromatic rings. The van der Waals surface area contributed by atoms with Gasteiger partial charge in [-0.15, -0.1) is 0 Å². The molecule has 2 aromatic carbocycles. The Morgan fingerprint density at radius 2 is 1.69 bits per heavy atom. The second-order valence-electron chi connectivity index (χ2n) is 7.95. The van der Waals surface area contributed by atoms with Gasteiger partial charge in [-0.1, -0.05) is 0 Å². The predicted molar refractivity (Wildman–Crippen MR) is 119 cm³/mol. The standard InChI is InChI=1S/C24H28N2O6/c1-29-16-6-8-19(20(11-16)30-2)26-13-15(10-23(26)27)24(28)25-18-7-5-14-9-21(31-3)22(32-4)12-17(14)18/h6,8-9,11-12,15,18H,5,7,10,13H2,1-4H3,(H,25,28)/t15-,18-/m1/s1. The van der Waals surface area contributed by atoms with Gasteiger partial charge in [0.25, 0.3) is 0 Å². The van der Waals surface area contributed by atoms with Crippen LogP contribution in [0, 0.1) is 5.92 Å². The van der Waals surface area contributed by atoms with Gasteiger partial charge in [-0.2, -0.15) is 0 Å². The van der Waals surface area contributed by atoms with Gasteiger partial charge in [-0.25, -0.2) is 0 Å². The summed E-state index contributed by atoms with van der Waals surface area (Å²) in [5.74, 6) is 1.83. The van der Waals surface area contributed by atoms with Crippen molar-refractivity contribution in [1.29, 1.82) is 0 Å². The van der Waals surface area contributed by atoms with Crippen molar-refractivity contribution < 1.29 is 28.5 Å². The third-order valence-electron chi connectivity index (χ3n) is 6.21. The molecule has 0 bridgehead atoms. The van der Waals surface area contributed by atoms with Crippen molar-refractivity contribution in [3.8, 4) is 23.0 Å². The smallest absolute Gasteiger partial charge is 0.227 e. The number of benzene rings is 2. The summed E-state index contributed by atoms with van der Waals surface area (Å²) in [7, 11) is 6.32. The van der Waals surface area contributed by atoms with E-state index in [0.29, 0.717) is 35.2 Å². The first-order valence-corrected chi connectivity index (χ1v) is 10.6. The lowest BCUT2D eigenvalue weighted by Gasteiger charge is -2.21. The number of methoxy groups -OCH3 is 4. The van der Waals surface area contributed by atoms with Crippen molar-refractivity contribution in [2.45, 2.75) is 25.3 Å². The monoisotopic (exact) mass is 440 g/mol. The lowest BCUT2D eigenvalue weighted by atomic mass is 10.0. The first-order valence-electron chi connectivity index (χ1n) is 10.6. The Kier molecular flexibility index (Phi) is 6.12. The minimum atomic E-state index is -0.432. The van der Waals surface area contributed by atoms with Crippen LogP contribution in [0.25, 0.3) is 0 Å². The first-order chi connectivity index (χ1) is 15.5. The molecule has 0 radical (unpaired) electrons.